The van der Waals surface area contributed by atoms with Gasteiger partial charge in [0, 0.05) is 19.8 Å². The fraction of sp³-hybridized carbons (Fsp3) is 0.263. The van der Waals surface area contributed by atoms with E-state index < -0.39 is 5.91 Å². The molecule has 146 valence electrons. The topological polar surface area (TPSA) is 119 Å². The summed E-state index contributed by atoms with van der Waals surface area (Å²) in [6.45, 7) is 1.10. The number of nitrogens with two attached hydrogens (primary N) is 1. The molecular weight excluding hydrogens is 358 g/mol. The van der Waals surface area contributed by atoms with Crippen LogP contribution in [0, 0.1) is 0 Å². The molecule has 0 aliphatic rings. The molecule has 28 heavy (non-hydrogen) atoms. The summed E-state index contributed by atoms with van der Waals surface area (Å²) < 4.78 is 7.18. The van der Waals surface area contributed by atoms with Gasteiger partial charge >= 0.3 is 0 Å². The maximum atomic E-state index is 10.7. The first kappa shape index (κ1) is 19.2. The number of nitrogens with one attached hydrogen (secondary N) is 2. The Bertz CT molecular complexity index is 950. The Morgan fingerprint density at radius 2 is 2.00 bits per heavy atom. The Balaban J connectivity index is 1.45. The monoisotopic (exact) mass is 381 g/mol. The Labute approximate surface area is 162 Å². The van der Waals surface area contributed by atoms with Crippen LogP contribution in [0.2, 0.25) is 0 Å². The predicted molar refractivity (Wildman–Crippen MR) is 106 cm³/mol. The van der Waals surface area contributed by atoms with Crippen molar-refractivity contribution in [2.75, 3.05) is 20.2 Å². The van der Waals surface area contributed by atoms with Crippen molar-refractivity contribution in [1.29, 1.82) is 0 Å². The number of guanidine groups is 1. The van der Waals surface area contributed by atoms with Gasteiger partial charge in [0.2, 0.25) is 0 Å². The molecule has 0 unspecified atom stereocenters. The standard InChI is InChI=1S/C19H23N7O2/c1-21-19(23-12-18-25-24-17-4-2-3-11-26(17)18)22-10-9-14-5-7-15(8-6-14)28-13-16(20)27/h2-8,11H,9-10,12-13H2,1H3,(H2,20,27)(H2,21,22,23). The van der Waals surface area contributed by atoms with Crippen LogP contribution in [0.15, 0.2) is 53.7 Å². The molecule has 0 aliphatic carbocycles. The fourth-order valence-corrected chi connectivity index (χ4v) is 2.63. The molecule has 0 fully saturated rings. The molecule has 3 rings (SSSR count). The predicted octanol–water partition coefficient (Wildman–Crippen LogP) is 0.501. The van der Waals surface area contributed by atoms with E-state index in [1.54, 1.807) is 7.05 Å². The van der Waals surface area contributed by atoms with Crippen LogP contribution in [0.4, 0.5) is 0 Å². The van der Waals surface area contributed by atoms with Crippen LogP contribution < -0.4 is 21.1 Å². The van der Waals surface area contributed by atoms with Crippen LogP contribution in [0.25, 0.3) is 5.65 Å². The summed E-state index contributed by atoms with van der Waals surface area (Å²) in [4.78, 5) is 15.0. The molecule has 0 spiro atoms. The van der Waals surface area contributed by atoms with E-state index >= 15 is 0 Å². The zero-order valence-corrected chi connectivity index (χ0v) is 15.6. The quantitative estimate of drug-likeness (QED) is 0.386. The normalized spacial score (nSPS) is 11.4. The van der Waals surface area contributed by atoms with E-state index in [0.29, 0.717) is 24.8 Å². The van der Waals surface area contributed by atoms with Gasteiger partial charge in [0.1, 0.15) is 5.75 Å². The summed E-state index contributed by atoms with van der Waals surface area (Å²) in [7, 11) is 1.72. The van der Waals surface area contributed by atoms with Gasteiger partial charge in [-0.15, -0.1) is 10.2 Å². The SMILES string of the molecule is CN=C(NCCc1ccc(OCC(N)=O)cc1)NCc1nnc2ccccn12. The summed E-state index contributed by atoms with van der Waals surface area (Å²) in [5.41, 5.74) is 7.01. The number of rotatable bonds is 8. The van der Waals surface area contributed by atoms with Gasteiger partial charge in [0.25, 0.3) is 5.91 Å². The lowest BCUT2D eigenvalue weighted by atomic mass is 10.1. The number of carbonyl (C=O) groups is 1. The minimum Gasteiger partial charge on any atom is -0.484 e. The number of primary amides is 1. The molecule has 2 aromatic heterocycles. The molecular formula is C19H23N7O2. The van der Waals surface area contributed by atoms with Gasteiger partial charge in [-0.3, -0.25) is 14.2 Å². The van der Waals surface area contributed by atoms with Gasteiger partial charge in [-0.1, -0.05) is 18.2 Å². The van der Waals surface area contributed by atoms with Gasteiger partial charge in [-0.25, -0.2) is 0 Å². The van der Waals surface area contributed by atoms with Crippen LogP contribution in [-0.2, 0) is 17.8 Å². The van der Waals surface area contributed by atoms with Crippen molar-refractivity contribution in [3.05, 3.63) is 60.0 Å². The van der Waals surface area contributed by atoms with E-state index in [1.165, 1.54) is 0 Å². The number of ether oxygens (including phenoxy) is 1. The second-order valence-electron chi connectivity index (χ2n) is 6.05. The molecule has 9 nitrogen and oxygen atoms in total. The van der Waals surface area contributed by atoms with E-state index in [4.69, 9.17) is 10.5 Å². The van der Waals surface area contributed by atoms with Crippen LogP contribution in [0.5, 0.6) is 5.75 Å². The number of fused-ring (bicyclic) bond motifs is 1. The number of aliphatic imine (C=N–C) groups is 1. The highest BCUT2D eigenvalue weighted by Crippen LogP contribution is 2.12. The molecule has 3 aromatic rings. The third-order valence-electron chi connectivity index (χ3n) is 4.03. The molecule has 0 bridgehead atoms. The molecule has 2 heterocycles. The van der Waals surface area contributed by atoms with Crippen molar-refractivity contribution >= 4 is 17.5 Å². The average molecular weight is 381 g/mol. The molecule has 0 saturated heterocycles. The van der Waals surface area contributed by atoms with Crippen molar-refractivity contribution in [2.24, 2.45) is 10.7 Å². The van der Waals surface area contributed by atoms with Gasteiger partial charge in [-0.05, 0) is 36.2 Å². The zero-order chi connectivity index (χ0) is 19.8. The first-order valence-electron chi connectivity index (χ1n) is 8.89. The van der Waals surface area contributed by atoms with Crippen molar-refractivity contribution in [1.82, 2.24) is 25.2 Å². The molecule has 4 N–H and O–H groups in total. The van der Waals surface area contributed by atoms with Crippen molar-refractivity contribution < 1.29 is 9.53 Å². The Kier molecular flexibility index (Phi) is 6.40. The largest absolute Gasteiger partial charge is 0.484 e. The summed E-state index contributed by atoms with van der Waals surface area (Å²) in [5.74, 6) is 1.62. The Morgan fingerprint density at radius 3 is 2.75 bits per heavy atom. The van der Waals surface area contributed by atoms with Crippen molar-refractivity contribution in [3.63, 3.8) is 0 Å². The Morgan fingerprint density at radius 1 is 1.18 bits per heavy atom. The number of pyridine rings is 1. The number of carbonyl (C=O) groups excluding carboxylic acids is 1. The third kappa shape index (κ3) is 5.19. The van der Waals surface area contributed by atoms with Gasteiger partial charge < -0.3 is 21.1 Å². The average Bonchev–Trinajstić information content (AvgIpc) is 3.13. The minimum atomic E-state index is -0.494. The van der Waals surface area contributed by atoms with Gasteiger partial charge in [0.15, 0.2) is 24.0 Å². The lowest BCUT2D eigenvalue weighted by Gasteiger charge is -2.11. The van der Waals surface area contributed by atoms with E-state index in [1.807, 2.05) is 53.1 Å². The van der Waals surface area contributed by atoms with Crippen LogP contribution in [0.1, 0.15) is 11.4 Å². The lowest BCUT2D eigenvalue weighted by molar-refractivity contribution is -0.119. The van der Waals surface area contributed by atoms with Gasteiger partial charge in [-0.2, -0.15) is 0 Å². The lowest BCUT2D eigenvalue weighted by Crippen LogP contribution is -2.38. The summed E-state index contributed by atoms with van der Waals surface area (Å²) in [6.07, 6.45) is 2.74. The number of hydrogen-bond acceptors (Lipinski definition) is 5. The zero-order valence-electron chi connectivity index (χ0n) is 15.6. The summed E-state index contributed by atoms with van der Waals surface area (Å²) in [6, 6.07) is 13.3. The number of amides is 1. The van der Waals surface area contributed by atoms with E-state index in [-0.39, 0.29) is 6.61 Å². The van der Waals surface area contributed by atoms with Crippen LogP contribution in [-0.4, -0.2) is 46.7 Å². The smallest absolute Gasteiger partial charge is 0.255 e. The van der Waals surface area contributed by atoms with Crippen LogP contribution in [0.3, 0.4) is 0 Å². The van der Waals surface area contributed by atoms with Crippen molar-refractivity contribution in [2.45, 2.75) is 13.0 Å². The van der Waals surface area contributed by atoms with E-state index in [9.17, 15) is 4.79 Å². The molecule has 0 radical (unpaired) electrons. The highest BCUT2D eigenvalue weighted by molar-refractivity contribution is 5.79. The van der Waals surface area contributed by atoms with E-state index in [2.05, 4.69) is 25.8 Å². The third-order valence-corrected chi connectivity index (χ3v) is 4.03. The van der Waals surface area contributed by atoms with Crippen LogP contribution >= 0.6 is 0 Å². The maximum Gasteiger partial charge on any atom is 0.255 e. The molecule has 0 saturated carbocycles. The second-order valence-corrected chi connectivity index (χ2v) is 6.05. The molecule has 0 aliphatic heterocycles. The maximum absolute atomic E-state index is 10.7. The summed E-state index contributed by atoms with van der Waals surface area (Å²) >= 11 is 0. The number of nitrogens with zero attached hydrogens (tertiary/aromatic N) is 4. The number of aromatic nitrogens is 3. The highest BCUT2D eigenvalue weighted by atomic mass is 16.5. The molecule has 9 heteroatoms. The molecule has 1 amide bonds. The molecule has 0 atom stereocenters. The van der Waals surface area contributed by atoms with E-state index in [0.717, 1.165) is 23.5 Å². The van der Waals surface area contributed by atoms with Gasteiger partial charge in [0.05, 0.1) is 6.54 Å². The first-order chi connectivity index (χ1) is 13.7. The highest BCUT2D eigenvalue weighted by Gasteiger charge is 2.05. The fourth-order valence-electron chi connectivity index (χ4n) is 2.63. The first-order valence-corrected chi connectivity index (χ1v) is 8.89. The molecule has 1 aromatic carbocycles. The number of hydrogen-bond donors (Lipinski definition) is 3. The minimum absolute atomic E-state index is 0.121. The van der Waals surface area contributed by atoms with Crippen molar-refractivity contribution in [3.8, 4) is 5.75 Å². The summed E-state index contributed by atoms with van der Waals surface area (Å²) in [5, 5.41) is 14.8. The Hall–Kier alpha value is -3.62. The second kappa shape index (κ2) is 9.36. The number of benzene rings is 1.